The van der Waals surface area contributed by atoms with Crippen molar-refractivity contribution in [2.75, 3.05) is 26.3 Å². The average Bonchev–Trinajstić information content (AvgIpc) is 3.22. The summed E-state index contributed by atoms with van der Waals surface area (Å²) in [6.07, 6.45) is 7.37. The fraction of sp³-hybridized carbons (Fsp3) is 0.556. The summed E-state index contributed by atoms with van der Waals surface area (Å²) in [4.78, 5) is 15.2. The van der Waals surface area contributed by atoms with E-state index in [4.69, 9.17) is 4.74 Å². The lowest BCUT2D eigenvalue weighted by Crippen LogP contribution is -2.52. The predicted octanol–water partition coefficient (Wildman–Crippen LogP) is 1.63. The molecule has 2 aliphatic rings. The summed E-state index contributed by atoms with van der Waals surface area (Å²) < 4.78 is 7.43. The maximum Gasteiger partial charge on any atom is 0.255 e. The molecule has 1 N–H and O–H groups in total. The Morgan fingerprint density at radius 3 is 2.92 bits per heavy atom. The van der Waals surface area contributed by atoms with Crippen molar-refractivity contribution in [1.82, 2.24) is 19.8 Å². The van der Waals surface area contributed by atoms with Crippen LogP contribution in [-0.2, 0) is 4.74 Å². The maximum absolute atomic E-state index is 12.8. The first-order chi connectivity index (χ1) is 11.7. The summed E-state index contributed by atoms with van der Waals surface area (Å²) in [5.74, 6) is -0.0636. The van der Waals surface area contributed by atoms with Gasteiger partial charge in [0.1, 0.15) is 0 Å². The van der Waals surface area contributed by atoms with E-state index in [2.05, 4.69) is 15.3 Å². The molecular formula is C18H24N4O2. The molecule has 1 amide bonds. The third kappa shape index (κ3) is 2.91. The lowest BCUT2D eigenvalue weighted by molar-refractivity contribution is 0.0901. The Labute approximate surface area is 141 Å². The molecule has 4 rings (SSSR count). The number of piperidine rings is 1. The largest absolute Gasteiger partial charge is 0.378 e. The molecule has 2 atom stereocenters. The Hall–Kier alpha value is -1.92. The maximum atomic E-state index is 12.8. The van der Waals surface area contributed by atoms with Gasteiger partial charge in [-0.2, -0.15) is 5.10 Å². The number of amides is 1. The quantitative estimate of drug-likeness (QED) is 0.930. The highest BCUT2D eigenvalue weighted by molar-refractivity contribution is 6.00. The van der Waals surface area contributed by atoms with Gasteiger partial charge >= 0.3 is 0 Å². The summed E-state index contributed by atoms with van der Waals surface area (Å²) >= 11 is 0. The zero-order valence-electron chi connectivity index (χ0n) is 14.1. The number of aryl methyl sites for hydroxylation is 1. The van der Waals surface area contributed by atoms with Crippen LogP contribution < -0.4 is 5.32 Å². The number of likely N-dealkylation sites (tertiary alicyclic amines) is 1. The number of pyridine rings is 1. The molecule has 0 unspecified atom stereocenters. The minimum Gasteiger partial charge on any atom is -0.378 e. The smallest absolute Gasteiger partial charge is 0.255 e. The first-order valence-electron chi connectivity index (χ1n) is 8.79. The van der Waals surface area contributed by atoms with Crippen LogP contribution in [0.3, 0.4) is 0 Å². The first-order valence-corrected chi connectivity index (χ1v) is 8.79. The SMILES string of the molecule is Cc1ccc2c(C(=O)N[C@H]3COC[C@@H]3N3CCCCC3)cnn2c1. The Bertz CT molecular complexity index is 736. The van der Waals surface area contributed by atoms with E-state index in [0.717, 1.165) is 24.2 Å². The number of nitrogens with one attached hydrogen (secondary N) is 1. The van der Waals surface area contributed by atoms with E-state index < -0.39 is 0 Å². The summed E-state index contributed by atoms with van der Waals surface area (Å²) in [6, 6.07) is 4.29. The fourth-order valence-electron chi connectivity index (χ4n) is 3.80. The lowest BCUT2D eigenvalue weighted by Gasteiger charge is -2.34. The third-order valence-electron chi connectivity index (χ3n) is 5.14. The van der Waals surface area contributed by atoms with Crippen molar-refractivity contribution in [3.8, 4) is 0 Å². The van der Waals surface area contributed by atoms with Crippen molar-refractivity contribution in [3.05, 3.63) is 35.7 Å². The van der Waals surface area contributed by atoms with E-state index >= 15 is 0 Å². The summed E-state index contributed by atoms with van der Waals surface area (Å²) in [5.41, 5.74) is 2.58. The Morgan fingerprint density at radius 1 is 1.25 bits per heavy atom. The number of nitrogens with zero attached hydrogens (tertiary/aromatic N) is 3. The minimum atomic E-state index is -0.0636. The molecular weight excluding hydrogens is 304 g/mol. The molecule has 0 aliphatic carbocycles. The van der Waals surface area contributed by atoms with Crippen molar-refractivity contribution in [1.29, 1.82) is 0 Å². The van der Waals surface area contributed by atoms with Gasteiger partial charge in [0, 0.05) is 6.20 Å². The van der Waals surface area contributed by atoms with Gasteiger partial charge in [0.25, 0.3) is 5.91 Å². The number of aromatic nitrogens is 2. The molecule has 6 heteroatoms. The van der Waals surface area contributed by atoms with Crippen LogP contribution in [0.25, 0.3) is 5.52 Å². The van der Waals surface area contributed by atoms with Crippen LogP contribution in [0.1, 0.15) is 35.2 Å². The van der Waals surface area contributed by atoms with E-state index in [9.17, 15) is 4.79 Å². The number of ether oxygens (including phenoxy) is 1. The molecule has 128 valence electrons. The van der Waals surface area contributed by atoms with Crippen molar-refractivity contribution >= 4 is 11.4 Å². The molecule has 2 aromatic rings. The molecule has 2 saturated heterocycles. The van der Waals surface area contributed by atoms with Crippen LogP contribution in [0.5, 0.6) is 0 Å². The van der Waals surface area contributed by atoms with Crippen LogP contribution in [0.2, 0.25) is 0 Å². The number of fused-ring (bicyclic) bond motifs is 1. The van der Waals surface area contributed by atoms with E-state index in [1.807, 2.05) is 25.3 Å². The van der Waals surface area contributed by atoms with Crippen LogP contribution in [-0.4, -0.2) is 58.8 Å². The number of rotatable bonds is 3. The van der Waals surface area contributed by atoms with E-state index in [-0.39, 0.29) is 11.9 Å². The molecule has 0 radical (unpaired) electrons. The molecule has 0 aromatic carbocycles. The van der Waals surface area contributed by atoms with Crippen molar-refractivity contribution in [2.45, 2.75) is 38.3 Å². The fourth-order valence-corrected chi connectivity index (χ4v) is 3.80. The van der Waals surface area contributed by atoms with Gasteiger partial charge in [0.15, 0.2) is 0 Å². The highest BCUT2D eigenvalue weighted by Gasteiger charge is 2.35. The van der Waals surface area contributed by atoms with Crippen molar-refractivity contribution < 1.29 is 9.53 Å². The van der Waals surface area contributed by atoms with Crippen LogP contribution in [0.15, 0.2) is 24.5 Å². The minimum absolute atomic E-state index is 0.0519. The number of hydrogen-bond donors (Lipinski definition) is 1. The molecule has 2 aromatic heterocycles. The van der Waals surface area contributed by atoms with Gasteiger partial charge < -0.3 is 10.1 Å². The summed E-state index contributed by atoms with van der Waals surface area (Å²) in [5, 5.41) is 7.47. The van der Waals surface area contributed by atoms with Gasteiger partial charge in [-0.1, -0.05) is 12.5 Å². The van der Waals surface area contributed by atoms with Gasteiger partial charge in [-0.05, 0) is 44.5 Å². The second kappa shape index (κ2) is 6.53. The zero-order chi connectivity index (χ0) is 16.5. The second-order valence-corrected chi connectivity index (χ2v) is 6.88. The summed E-state index contributed by atoms with van der Waals surface area (Å²) in [6.45, 7) is 5.52. The van der Waals surface area contributed by atoms with E-state index in [0.29, 0.717) is 24.8 Å². The normalized spacial score (nSPS) is 25.2. The topological polar surface area (TPSA) is 58.9 Å². The molecule has 6 nitrogen and oxygen atoms in total. The zero-order valence-corrected chi connectivity index (χ0v) is 14.1. The Kier molecular flexibility index (Phi) is 4.24. The first kappa shape index (κ1) is 15.6. The van der Waals surface area contributed by atoms with E-state index in [1.165, 1.54) is 19.3 Å². The van der Waals surface area contributed by atoms with E-state index in [1.54, 1.807) is 10.7 Å². The third-order valence-corrected chi connectivity index (χ3v) is 5.14. The van der Waals surface area contributed by atoms with Crippen LogP contribution >= 0.6 is 0 Å². The van der Waals surface area contributed by atoms with Crippen molar-refractivity contribution in [2.24, 2.45) is 0 Å². The predicted molar refractivity (Wildman–Crippen MR) is 91.2 cm³/mol. The van der Waals surface area contributed by atoms with Gasteiger partial charge in [0.2, 0.25) is 0 Å². The van der Waals surface area contributed by atoms with Gasteiger partial charge in [-0.25, -0.2) is 4.52 Å². The van der Waals surface area contributed by atoms with Gasteiger partial charge in [0.05, 0.1) is 42.6 Å². The highest BCUT2D eigenvalue weighted by atomic mass is 16.5. The standard InChI is InChI=1S/C18H24N4O2/c1-13-5-6-16-14(9-19-22(16)10-13)18(23)20-15-11-24-12-17(15)21-7-3-2-4-8-21/h5-6,9-10,15,17H,2-4,7-8,11-12H2,1H3,(H,20,23)/t15-,17-/m0/s1. The second-order valence-electron chi connectivity index (χ2n) is 6.88. The highest BCUT2D eigenvalue weighted by Crippen LogP contribution is 2.20. The molecule has 2 fully saturated rings. The van der Waals surface area contributed by atoms with Crippen molar-refractivity contribution in [3.63, 3.8) is 0 Å². The lowest BCUT2D eigenvalue weighted by atomic mass is 10.0. The monoisotopic (exact) mass is 328 g/mol. The molecule has 0 spiro atoms. The Morgan fingerprint density at radius 2 is 2.08 bits per heavy atom. The molecule has 4 heterocycles. The van der Waals surface area contributed by atoms with Crippen LogP contribution in [0.4, 0.5) is 0 Å². The molecule has 24 heavy (non-hydrogen) atoms. The van der Waals surface area contributed by atoms with Crippen LogP contribution in [0, 0.1) is 6.92 Å². The number of carbonyl (C=O) groups is 1. The molecule has 0 bridgehead atoms. The molecule has 0 saturated carbocycles. The average molecular weight is 328 g/mol. The molecule has 2 aliphatic heterocycles. The Balaban J connectivity index is 1.50. The number of carbonyl (C=O) groups excluding carboxylic acids is 1. The van der Waals surface area contributed by atoms with Gasteiger partial charge in [-0.3, -0.25) is 9.69 Å². The van der Waals surface area contributed by atoms with Gasteiger partial charge in [-0.15, -0.1) is 0 Å². The number of hydrogen-bond acceptors (Lipinski definition) is 4. The summed E-state index contributed by atoms with van der Waals surface area (Å²) in [7, 11) is 0.